The van der Waals surface area contributed by atoms with E-state index in [2.05, 4.69) is 23.3 Å². The van der Waals surface area contributed by atoms with Crippen molar-refractivity contribution in [3.63, 3.8) is 0 Å². The molecule has 0 saturated carbocycles. The van der Waals surface area contributed by atoms with E-state index in [1.807, 2.05) is 7.05 Å². The zero-order valence-electron chi connectivity index (χ0n) is 9.44. The summed E-state index contributed by atoms with van der Waals surface area (Å²) in [6.45, 7) is 4.10. The largest absolute Gasteiger partial charge is 0.390 e. The molecule has 86 valence electrons. The van der Waals surface area contributed by atoms with E-state index in [0.29, 0.717) is 13.1 Å². The molecule has 0 radical (unpaired) electrons. The minimum absolute atomic E-state index is 0.336. The zero-order chi connectivity index (χ0) is 11.3. The second kappa shape index (κ2) is 6.23. The van der Waals surface area contributed by atoms with Gasteiger partial charge < -0.3 is 15.7 Å². The van der Waals surface area contributed by atoms with E-state index in [1.165, 1.54) is 10.4 Å². The van der Waals surface area contributed by atoms with E-state index in [-0.39, 0.29) is 0 Å². The third kappa shape index (κ3) is 4.30. The number of aryl methyl sites for hydroxylation is 1. The summed E-state index contributed by atoms with van der Waals surface area (Å²) in [4.78, 5) is 3.56. The SMILES string of the molecule is Cc1ccsc1CCN(C)CC(O)CN. The second-order valence-corrected chi connectivity index (χ2v) is 4.93. The topological polar surface area (TPSA) is 49.5 Å². The number of hydrogen-bond acceptors (Lipinski definition) is 4. The highest BCUT2D eigenvalue weighted by Crippen LogP contribution is 2.16. The highest BCUT2D eigenvalue weighted by Gasteiger charge is 2.07. The molecule has 3 N–H and O–H groups in total. The van der Waals surface area contributed by atoms with Gasteiger partial charge in [0.1, 0.15) is 0 Å². The molecule has 15 heavy (non-hydrogen) atoms. The number of rotatable bonds is 6. The molecule has 0 saturated heterocycles. The fourth-order valence-electron chi connectivity index (χ4n) is 1.48. The Bertz CT molecular complexity index is 288. The molecular formula is C11H20N2OS. The molecule has 3 nitrogen and oxygen atoms in total. The van der Waals surface area contributed by atoms with Gasteiger partial charge >= 0.3 is 0 Å². The highest BCUT2D eigenvalue weighted by molar-refractivity contribution is 7.10. The van der Waals surface area contributed by atoms with Crippen molar-refractivity contribution in [2.75, 3.05) is 26.7 Å². The maximum atomic E-state index is 9.38. The lowest BCUT2D eigenvalue weighted by atomic mass is 10.2. The number of aliphatic hydroxyl groups is 1. The van der Waals surface area contributed by atoms with E-state index in [4.69, 9.17) is 5.73 Å². The average Bonchev–Trinajstić information content (AvgIpc) is 2.61. The van der Waals surface area contributed by atoms with Gasteiger partial charge in [0, 0.05) is 24.5 Å². The minimum Gasteiger partial charge on any atom is -0.390 e. The molecule has 0 aliphatic carbocycles. The van der Waals surface area contributed by atoms with Gasteiger partial charge in [-0.25, -0.2) is 0 Å². The fraction of sp³-hybridized carbons (Fsp3) is 0.636. The fourth-order valence-corrected chi connectivity index (χ4v) is 2.38. The van der Waals surface area contributed by atoms with Gasteiger partial charge in [-0.2, -0.15) is 0 Å². The van der Waals surface area contributed by atoms with Gasteiger partial charge in [0.05, 0.1) is 6.10 Å². The first-order chi connectivity index (χ1) is 7.13. The summed E-state index contributed by atoms with van der Waals surface area (Å²) in [6.07, 6.45) is 0.650. The van der Waals surface area contributed by atoms with Crippen LogP contribution in [0.15, 0.2) is 11.4 Å². The molecule has 0 bridgehead atoms. The average molecular weight is 228 g/mol. The number of aliphatic hydroxyl groups excluding tert-OH is 1. The normalized spacial score (nSPS) is 13.4. The maximum absolute atomic E-state index is 9.38. The summed E-state index contributed by atoms with van der Waals surface area (Å²) in [6, 6.07) is 2.15. The lowest BCUT2D eigenvalue weighted by molar-refractivity contribution is 0.133. The Morgan fingerprint density at radius 3 is 2.87 bits per heavy atom. The molecular weight excluding hydrogens is 208 g/mol. The molecule has 1 unspecified atom stereocenters. The molecule has 1 rings (SSSR count). The molecule has 0 aromatic carbocycles. The van der Waals surface area contributed by atoms with Crippen LogP contribution in [0, 0.1) is 6.92 Å². The van der Waals surface area contributed by atoms with Crippen molar-refractivity contribution in [2.45, 2.75) is 19.4 Å². The lowest BCUT2D eigenvalue weighted by Gasteiger charge is -2.19. The Kier molecular flexibility index (Phi) is 5.25. The third-order valence-electron chi connectivity index (χ3n) is 2.48. The van der Waals surface area contributed by atoms with E-state index in [0.717, 1.165) is 13.0 Å². The van der Waals surface area contributed by atoms with Crippen LogP contribution in [0.1, 0.15) is 10.4 Å². The van der Waals surface area contributed by atoms with Gasteiger partial charge in [-0.3, -0.25) is 0 Å². The zero-order valence-corrected chi connectivity index (χ0v) is 10.3. The smallest absolute Gasteiger partial charge is 0.0788 e. The van der Waals surface area contributed by atoms with Gasteiger partial charge in [-0.15, -0.1) is 11.3 Å². The van der Waals surface area contributed by atoms with Gasteiger partial charge in [-0.05, 0) is 37.4 Å². The van der Waals surface area contributed by atoms with Crippen LogP contribution in [0.2, 0.25) is 0 Å². The summed E-state index contributed by atoms with van der Waals surface area (Å²) in [5.74, 6) is 0. The Morgan fingerprint density at radius 2 is 2.33 bits per heavy atom. The molecule has 0 amide bonds. The van der Waals surface area contributed by atoms with Crippen molar-refractivity contribution in [1.82, 2.24) is 4.90 Å². The van der Waals surface area contributed by atoms with Crippen LogP contribution in [0.3, 0.4) is 0 Å². The number of hydrogen-bond donors (Lipinski definition) is 2. The van der Waals surface area contributed by atoms with Crippen molar-refractivity contribution >= 4 is 11.3 Å². The molecule has 0 aliphatic rings. The Labute approximate surface area is 95.5 Å². The Morgan fingerprint density at radius 1 is 1.60 bits per heavy atom. The third-order valence-corrected chi connectivity index (χ3v) is 3.57. The van der Waals surface area contributed by atoms with Crippen LogP contribution < -0.4 is 5.73 Å². The summed E-state index contributed by atoms with van der Waals surface area (Å²) >= 11 is 1.80. The van der Waals surface area contributed by atoms with E-state index in [1.54, 1.807) is 11.3 Å². The molecule has 0 fully saturated rings. The molecule has 1 atom stereocenters. The van der Waals surface area contributed by atoms with Gasteiger partial charge in [0.25, 0.3) is 0 Å². The highest BCUT2D eigenvalue weighted by atomic mass is 32.1. The van der Waals surface area contributed by atoms with Crippen LogP contribution in [0.4, 0.5) is 0 Å². The summed E-state index contributed by atoms with van der Waals surface area (Å²) in [7, 11) is 2.02. The maximum Gasteiger partial charge on any atom is 0.0788 e. The quantitative estimate of drug-likeness (QED) is 0.759. The Hall–Kier alpha value is -0.420. The second-order valence-electron chi connectivity index (χ2n) is 3.93. The van der Waals surface area contributed by atoms with E-state index in [9.17, 15) is 5.11 Å². The number of thiophene rings is 1. The van der Waals surface area contributed by atoms with Gasteiger partial charge in [0.15, 0.2) is 0 Å². The standard InChI is InChI=1S/C11H20N2OS/c1-9-4-6-15-11(9)3-5-13(2)8-10(14)7-12/h4,6,10,14H,3,5,7-8,12H2,1-2H3. The first-order valence-corrected chi connectivity index (χ1v) is 6.11. The first kappa shape index (κ1) is 12.6. The van der Waals surface area contributed by atoms with Crippen molar-refractivity contribution in [3.8, 4) is 0 Å². The molecule has 1 aromatic rings. The van der Waals surface area contributed by atoms with Gasteiger partial charge in [0.2, 0.25) is 0 Å². The summed E-state index contributed by atoms with van der Waals surface area (Å²) in [5, 5.41) is 11.5. The molecule has 0 aliphatic heterocycles. The molecule has 1 aromatic heterocycles. The molecule has 0 spiro atoms. The van der Waals surface area contributed by atoms with E-state index >= 15 is 0 Å². The van der Waals surface area contributed by atoms with Crippen molar-refractivity contribution in [2.24, 2.45) is 5.73 Å². The first-order valence-electron chi connectivity index (χ1n) is 5.23. The van der Waals surface area contributed by atoms with Crippen LogP contribution >= 0.6 is 11.3 Å². The van der Waals surface area contributed by atoms with Crippen molar-refractivity contribution in [1.29, 1.82) is 0 Å². The predicted octanol–water partition coefficient (Wildman–Crippen LogP) is 0.850. The van der Waals surface area contributed by atoms with E-state index < -0.39 is 6.10 Å². The lowest BCUT2D eigenvalue weighted by Crippen LogP contribution is -2.35. The summed E-state index contributed by atoms with van der Waals surface area (Å²) < 4.78 is 0. The van der Waals surface area contributed by atoms with Crippen molar-refractivity contribution < 1.29 is 5.11 Å². The summed E-state index contributed by atoms with van der Waals surface area (Å²) in [5.41, 5.74) is 6.73. The predicted molar refractivity (Wildman–Crippen MR) is 65.3 cm³/mol. The monoisotopic (exact) mass is 228 g/mol. The van der Waals surface area contributed by atoms with Crippen LogP contribution in [-0.4, -0.2) is 42.8 Å². The number of nitrogens with two attached hydrogens (primary N) is 1. The molecule has 4 heteroatoms. The van der Waals surface area contributed by atoms with Crippen LogP contribution in [-0.2, 0) is 6.42 Å². The van der Waals surface area contributed by atoms with Crippen LogP contribution in [0.5, 0.6) is 0 Å². The Balaban J connectivity index is 2.28. The molecule has 1 heterocycles. The number of likely N-dealkylation sites (N-methyl/N-ethyl adjacent to an activating group) is 1. The van der Waals surface area contributed by atoms with Crippen molar-refractivity contribution in [3.05, 3.63) is 21.9 Å². The van der Waals surface area contributed by atoms with Gasteiger partial charge in [-0.1, -0.05) is 0 Å². The van der Waals surface area contributed by atoms with Crippen LogP contribution in [0.25, 0.3) is 0 Å². The number of nitrogens with zero attached hydrogens (tertiary/aromatic N) is 1. The minimum atomic E-state index is -0.403.